The van der Waals surface area contributed by atoms with Crippen molar-refractivity contribution in [3.8, 4) is 5.75 Å². The van der Waals surface area contributed by atoms with Crippen molar-refractivity contribution in [1.29, 1.82) is 0 Å². The van der Waals surface area contributed by atoms with Gasteiger partial charge in [-0.05, 0) is 52.5 Å². The van der Waals surface area contributed by atoms with E-state index in [2.05, 4.69) is 15.9 Å². The van der Waals surface area contributed by atoms with E-state index in [-0.39, 0.29) is 12.2 Å². The molecule has 0 aliphatic heterocycles. The second kappa shape index (κ2) is 4.46. The van der Waals surface area contributed by atoms with Crippen molar-refractivity contribution >= 4 is 21.9 Å². The molecule has 0 fully saturated rings. The summed E-state index contributed by atoms with van der Waals surface area (Å²) in [6, 6.07) is 3.38. The van der Waals surface area contributed by atoms with Crippen molar-refractivity contribution in [1.82, 2.24) is 0 Å². The number of carbonyl (C=O) groups is 1. The number of carboxylic acids is 1. The fourth-order valence-electron chi connectivity index (χ4n) is 1.22. The van der Waals surface area contributed by atoms with E-state index in [9.17, 15) is 9.90 Å². The van der Waals surface area contributed by atoms with Crippen LogP contribution in [0.25, 0.3) is 0 Å². The van der Waals surface area contributed by atoms with Crippen LogP contribution < -0.4 is 0 Å². The van der Waals surface area contributed by atoms with Gasteiger partial charge in [-0.2, -0.15) is 0 Å². The van der Waals surface area contributed by atoms with Crippen LogP contribution in [0.2, 0.25) is 0 Å². The number of halogens is 1. The molecule has 2 N–H and O–H groups in total. The topological polar surface area (TPSA) is 57.5 Å². The molecule has 1 aromatic rings. The van der Waals surface area contributed by atoms with Crippen LogP contribution >= 0.6 is 15.9 Å². The third-order valence-corrected chi connectivity index (χ3v) is 2.65. The third-order valence-electron chi connectivity index (χ3n) is 2.01. The number of benzene rings is 1. The fourth-order valence-corrected chi connectivity index (χ4v) is 1.61. The minimum atomic E-state index is -0.811. The standard InChI is InChI=1S/C10H11BrO3/c1-6-4-9(12)8(11)5-7(6)2-3-10(13)14/h4-5,12H,2-3H2,1H3,(H,13,14). The first kappa shape index (κ1) is 11.0. The SMILES string of the molecule is Cc1cc(O)c(Br)cc1CCC(=O)O. The van der Waals surface area contributed by atoms with Gasteiger partial charge < -0.3 is 10.2 Å². The van der Waals surface area contributed by atoms with E-state index in [1.54, 1.807) is 12.1 Å². The lowest BCUT2D eigenvalue weighted by Crippen LogP contribution is -1.99. The molecular formula is C10H11BrO3. The molecule has 0 heterocycles. The number of carboxylic acid groups (broad SMARTS) is 1. The Kier molecular flexibility index (Phi) is 3.52. The summed E-state index contributed by atoms with van der Waals surface area (Å²) in [5.74, 6) is -0.629. The third kappa shape index (κ3) is 2.73. The molecule has 0 aliphatic rings. The first-order valence-corrected chi connectivity index (χ1v) is 5.00. The van der Waals surface area contributed by atoms with Crippen LogP contribution in [-0.2, 0) is 11.2 Å². The van der Waals surface area contributed by atoms with Gasteiger partial charge in [0.1, 0.15) is 5.75 Å². The van der Waals surface area contributed by atoms with Gasteiger partial charge in [-0.3, -0.25) is 4.79 Å². The molecule has 76 valence electrons. The number of rotatable bonds is 3. The van der Waals surface area contributed by atoms with Crippen LogP contribution in [0.5, 0.6) is 5.75 Å². The number of aliphatic carboxylic acids is 1. The lowest BCUT2D eigenvalue weighted by atomic mass is 10.0. The summed E-state index contributed by atoms with van der Waals surface area (Å²) in [4.78, 5) is 10.4. The number of hydrogen-bond acceptors (Lipinski definition) is 2. The minimum Gasteiger partial charge on any atom is -0.507 e. The molecular weight excluding hydrogens is 248 g/mol. The molecule has 0 bridgehead atoms. The van der Waals surface area contributed by atoms with Crippen molar-refractivity contribution in [2.45, 2.75) is 19.8 Å². The molecule has 1 rings (SSSR count). The molecule has 4 heteroatoms. The van der Waals surface area contributed by atoms with Crippen LogP contribution in [0, 0.1) is 6.92 Å². The molecule has 0 aliphatic carbocycles. The molecule has 1 aromatic carbocycles. The number of hydrogen-bond donors (Lipinski definition) is 2. The number of phenols is 1. The zero-order valence-corrected chi connectivity index (χ0v) is 9.34. The first-order valence-electron chi connectivity index (χ1n) is 4.20. The van der Waals surface area contributed by atoms with E-state index < -0.39 is 5.97 Å². The molecule has 0 saturated heterocycles. The van der Waals surface area contributed by atoms with Crippen LogP contribution in [0.15, 0.2) is 16.6 Å². The molecule has 0 aromatic heterocycles. The first-order chi connectivity index (χ1) is 6.50. The van der Waals surface area contributed by atoms with Crippen molar-refractivity contribution in [3.63, 3.8) is 0 Å². The van der Waals surface area contributed by atoms with E-state index in [1.165, 1.54) is 0 Å². The Morgan fingerprint density at radius 2 is 2.14 bits per heavy atom. The van der Waals surface area contributed by atoms with Gasteiger partial charge in [-0.15, -0.1) is 0 Å². The normalized spacial score (nSPS) is 10.1. The molecule has 14 heavy (non-hydrogen) atoms. The maximum absolute atomic E-state index is 10.4. The fraction of sp³-hybridized carbons (Fsp3) is 0.300. The monoisotopic (exact) mass is 258 g/mol. The lowest BCUT2D eigenvalue weighted by molar-refractivity contribution is -0.136. The Morgan fingerprint density at radius 1 is 1.50 bits per heavy atom. The Morgan fingerprint density at radius 3 is 2.71 bits per heavy atom. The zero-order chi connectivity index (χ0) is 10.7. The molecule has 0 saturated carbocycles. The van der Waals surface area contributed by atoms with Crippen LogP contribution in [0.3, 0.4) is 0 Å². The van der Waals surface area contributed by atoms with Gasteiger partial charge in [0, 0.05) is 6.42 Å². The van der Waals surface area contributed by atoms with Gasteiger partial charge in [0.2, 0.25) is 0 Å². The highest BCUT2D eigenvalue weighted by Gasteiger charge is 2.06. The van der Waals surface area contributed by atoms with Crippen molar-refractivity contribution in [3.05, 3.63) is 27.7 Å². The van der Waals surface area contributed by atoms with Gasteiger partial charge in [0.05, 0.1) is 4.47 Å². The van der Waals surface area contributed by atoms with Crippen molar-refractivity contribution in [2.24, 2.45) is 0 Å². The number of aromatic hydroxyl groups is 1. The summed E-state index contributed by atoms with van der Waals surface area (Å²) in [6.45, 7) is 1.85. The predicted molar refractivity (Wildman–Crippen MR) is 56.5 cm³/mol. The number of aryl methyl sites for hydroxylation is 2. The van der Waals surface area contributed by atoms with Crippen LogP contribution in [-0.4, -0.2) is 16.2 Å². The van der Waals surface area contributed by atoms with Gasteiger partial charge >= 0.3 is 5.97 Å². The second-order valence-electron chi connectivity index (χ2n) is 3.12. The highest BCUT2D eigenvalue weighted by molar-refractivity contribution is 9.10. The van der Waals surface area contributed by atoms with Crippen LogP contribution in [0.4, 0.5) is 0 Å². The molecule has 0 unspecified atom stereocenters. The van der Waals surface area contributed by atoms with Crippen LogP contribution in [0.1, 0.15) is 17.5 Å². The van der Waals surface area contributed by atoms with E-state index in [0.717, 1.165) is 11.1 Å². The second-order valence-corrected chi connectivity index (χ2v) is 3.98. The Hall–Kier alpha value is -1.03. The summed E-state index contributed by atoms with van der Waals surface area (Å²) < 4.78 is 0.600. The van der Waals surface area contributed by atoms with E-state index >= 15 is 0 Å². The summed E-state index contributed by atoms with van der Waals surface area (Å²) in [5, 5.41) is 17.9. The molecule has 0 spiro atoms. The molecule has 0 atom stereocenters. The highest BCUT2D eigenvalue weighted by atomic mass is 79.9. The van der Waals surface area contributed by atoms with E-state index in [0.29, 0.717) is 10.9 Å². The summed E-state index contributed by atoms with van der Waals surface area (Å²) >= 11 is 3.19. The van der Waals surface area contributed by atoms with E-state index in [1.807, 2.05) is 6.92 Å². The molecule has 3 nitrogen and oxygen atoms in total. The maximum atomic E-state index is 10.4. The summed E-state index contributed by atoms with van der Waals surface area (Å²) in [5.41, 5.74) is 1.85. The van der Waals surface area contributed by atoms with Crippen molar-refractivity contribution in [2.75, 3.05) is 0 Å². The number of phenolic OH excluding ortho intramolecular Hbond substituents is 1. The van der Waals surface area contributed by atoms with E-state index in [4.69, 9.17) is 5.11 Å². The zero-order valence-electron chi connectivity index (χ0n) is 7.75. The predicted octanol–water partition coefficient (Wildman–Crippen LogP) is 2.48. The largest absolute Gasteiger partial charge is 0.507 e. The van der Waals surface area contributed by atoms with Gasteiger partial charge in [-0.25, -0.2) is 0 Å². The maximum Gasteiger partial charge on any atom is 0.303 e. The molecule has 0 radical (unpaired) electrons. The van der Waals surface area contributed by atoms with Crippen molar-refractivity contribution < 1.29 is 15.0 Å². The smallest absolute Gasteiger partial charge is 0.303 e. The minimum absolute atomic E-state index is 0.109. The Labute approximate surface area is 90.5 Å². The Balaban J connectivity index is 2.87. The highest BCUT2D eigenvalue weighted by Crippen LogP contribution is 2.27. The quantitative estimate of drug-likeness (QED) is 0.876. The van der Waals surface area contributed by atoms with Gasteiger partial charge in [-0.1, -0.05) is 0 Å². The Bertz CT molecular complexity index is 361. The average Bonchev–Trinajstić information content (AvgIpc) is 2.09. The summed E-state index contributed by atoms with van der Waals surface area (Å²) in [6.07, 6.45) is 0.595. The van der Waals surface area contributed by atoms with Gasteiger partial charge in [0.15, 0.2) is 0 Å². The molecule has 0 amide bonds. The summed E-state index contributed by atoms with van der Waals surface area (Å²) in [7, 11) is 0. The van der Waals surface area contributed by atoms with Gasteiger partial charge in [0.25, 0.3) is 0 Å². The lowest BCUT2D eigenvalue weighted by Gasteiger charge is -2.06. The average molecular weight is 259 g/mol.